The number of ether oxygens (including phenoxy) is 1. The molecule has 0 aliphatic carbocycles. The average Bonchev–Trinajstić information content (AvgIpc) is 2.05. The van der Waals surface area contributed by atoms with E-state index in [2.05, 4.69) is 10.2 Å². The molecule has 0 bridgehead atoms. The molecule has 0 aromatic heterocycles. The Kier molecular flexibility index (Phi) is 6.23. The summed E-state index contributed by atoms with van der Waals surface area (Å²) >= 11 is 0. The van der Waals surface area contributed by atoms with Crippen LogP contribution in [0.3, 0.4) is 0 Å². The summed E-state index contributed by atoms with van der Waals surface area (Å²) in [5.74, 6) is 0. The SMILES string of the molecule is C1CN2CCOC[C@H]2CN1.Cl.Cl. The van der Waals surface area contributed by atoms with Gasteiger partial charge in [-0.1, -0.05) is 0 Å². The lowest BCUT2D eigenvalue weighted by Gasteiger charge is -2.39. The number of morpholine rings is 1. The fourth-order valence-corrected chi connectivity index (χ4v) is 1.66. The van der Waals surface area contributed by atoms with Crippen LogP contribution in [0.2, 0.25) is 0 Å². The van der Waals surface area contributed by atoms with Crippen molar-refractivity contribution in [3.05, 3.63) is 0 Å². The van der Waals surface area contributed by atoms with E-state index in [-0.39, 0.29) is 24.8 Å². The molecular weight excluding hydrogens is 199 g/mol. The highest BCUT2D eigenvalue weighted by atomic mass is 35.5. The molecule has 0 saturated carbocycles. The molecular formula is C7H16Cl2N2O. The summed E-state index contributed by atoms with van der Waals surface area (Å²) in [5.41, 5.74) is 0. The van der Waals surface area contributed by atoms with Crippen LogP contribution in [0.25, 0.3) is 0 Å². The van der Waals surface area contributed by atoms with Crippen LogP contribution < -0.4 is 5.32 Å². The third-order valence-corrected chi connectivity index (χ3v) is 2.31. The third kappa shape index (κ3) is 2.75. The van der Waals surface area contributed by atoms with Gasteiger partial charge in [-0.3, -0.25) is 4.90 Å². The van der Waals surface area contributed by atoms with E-state index in [1.54, 1.807) is 0 Å². The largest absolute Gasteiger partial charge is 0.378 e. The number of fused-ring (bicyclic) bond motifs is 1. The van der Waals surface area contributed by atoms with Gasteiger partial charge >= 0.3 is 0 Å². The van der Waals surface area contributed by atoms with Gasteiger partial charge in [0.1, 0.15) is 0 Å². The standard InChI is InChI=1S/C7H14N2O.2ClH/c1-2-9-3-4-10-6-7(9)5-8-1;;/h7-8H,1-6H2;2*1H/t7-;;/m1../s1. The lowest BCUT2D eigenvalue weighted by atomic mass is 10.2. The number of nitrogens with one attached hydrogen (secondary N) is 1. The van der Waals surface area contributed by atoms with E-state index < -0.39 is 0 Å². The summed E-state index contributed by atoms with van der Waals surface area (Å²) in [7, 11) is 0. The van der Waals surface area contributed by atoms with Gasteiger partial charge in [0, 0.05) is 32.2 Å². The molecule has 2 rings (SSSR count). The summed E-state index contributed by atoms with van der Waals surface area (Å²) < 4.78 is 5.36. The van der Waals surface area contributed by atoms with Crippen LogP contribution in [-0.4, -0.2) is 50.3 Å². The van der Waals surface area contributed by atoms with Crippen LogP contribution in [0, 0.1) is 0 Å². The van der Waals surface area contributed by atoms with Gasteiger partial charge < -0.3 is 10.1 Å². The number of rotatable bonds is 0. The van der Waals surface area contributed by atoms with Gasteiger partial charge in [-0.25, -0.2) is 0 Å². The maximum Gasteiger partial charge on any atom is 0.0634 e. The molecule has 1 atom stereocenters. The second-order valence-electron chi connectivity index (χ2n) is 2.97. The van der Waals surface area contributed by atoms with Crippen molar-refractivity contribution in [3.63, 3.8) is 0 Å². The van der Waals surface area contributed by atoms with Crippen molar-refractivity contribution in [2.45, 2.75) is 6.04 Å². The van der Waals surface area contributed by atoms with Crippen molar-refractivity contribution >= 4 is 24.8 Å². The molecule has 0 amide bonds. The van der Waals surface area contributed by atoms with E-state index in [0.29, 0.717) is 6.04 Å². The van der Waals surface area contributed by atoms with Crippen molar-refractivity contribution in [1.82, 2.24) is 10.2 Å². The Bertz CT molecular complexity index is 100.0. The molecule has 1 N–H and O–H groups in total. The summed E-state index contributed by atoms with van der Waals surface area (Å²) in [6.07, 6.45) is 0. The number of hydrogen-bond acceptors (Lipinski definition) is 3. The molecule has 2 heterocycles. The first-order valence-corrected chi connectivity index (χ1v) is 3.99. The van der Waals surface area contributed by atoms with E-state index in [1.807, 2.05) is 0 Å². The monoisotopic (exact) mass is 214 g/mol. The molecule has 74 valence electrons. The highest BCUT2D eigenvalue weighted by molar-refractivity contribution is 5.85. The third-order valence-electron chi connectivity index (χ3n) is 2.31. The molecule has 2 aliphatic heterocycles. The summed E-state index contributed by atoms with van der Waals surface area (Å²) in [6, 6.07) is 0.655. The minimum atomic E-state index is 0. The van der Waals surface area contributed by atoms with Gasteiger partial charge in [0.25, 0.3) is 0 Å². The molecule has 2 saturated heterocycles. The van der Waals surface area contributed by atoms with E-state index >= 15 is 0 Å². The lowest BCUT2D eigenvalue weighted by Crippen LogP contribution is -2.56. The Labute approximate surface area is 85.6 Å². The van der Waals surface area contributed by atoms with Crippen LogP contribution in [-0.2, 0) is 4.74 Å². The molecule has 0 aromatic rings. The zero-order valence-corrected chi connectivity index (χ0v) is 8.62. The molecule has 5 heteroatoms. The summed E-state index contributed by atoms with van der Waals surface area (Å²) in [5, 5.41) is 3.36. The summed E-state index contributed by atoms with van der Waals surface area (Å²) in [4.78, 5) is 2.51. The molecule has 2 aliphatic rings. The van der Waals surface area contributed by atoms with E-state index in [1.165, 1.54) is 6.54 Å². The zero-order valence-electron chi connectivity index (χ0n) is 6.99. The second kappa shape index (κ2) is 6.00. The van der Waals surface area contributed by atoms with Crippen molar-refractivity contribution < 1.29 is 4.74 Å². The topological polar surface area (TPSA) is 24.5 Å². The number of hydrogen-bond donors (Lipinski definition) is 1. The lowest BCUT2D eigenvalue weighted by molar-refractivity contribution is -0.0168. The smallest absolute Gasteiger partial charge is 0.0634 e. The Morgan fingerprint density at radius 3 is 2.83 bits per heavy atom. The van der Waals surface area contributed by atoms with Gasteiger partial charge in [-0.15, -0.1) is 24.8 Å². The Balaban J connectivity index is 0.000000605. The van der Waals surface area contributed by atoms with Gasteiger partial charge in [0.15, 0.2) is 0 Å². The minimum Gasteiger partial charge on any atom is -0.378 e. The van der Waals surface area contributed by atoms with Crippen LogP contribution in [0.15, 0.2) is 0 Å². The van der Waals surface area contributed by atoms with Crippen LogP contribution in [0.4, 0.5) is 0 Å². The quantitative estimate of drug-likeness (QED) is 0.621. The van der Waals surface area contributed by atoms with Crippen molar-refractivity contribution in [1.29, 1.82) is 0 Å². The first kappa shape index (κ1) is 12.5. The first-order chi connectivity index (χ1) is 4.97. The highest BCUT2D eigenvalue weighted by Crippen LogP contribution is 2.07. The number of piperazine rings is 1. The molecule has 0 unspecified atom stereocenters. The fraction of sp³-hybridized carbons (Fsp3) is 1.00. The summed E-state index contributed by atoms with van der Waals surface area (Å²) in [6.45, 7) is 6.44. The number of nitrogens with zero attached hydrogens (tertiary/aromatic N) is 1. The Morgan fingerprint density at radius 1 is 1.25 bits per heavy atom. The normalized spacial score (nSPS) is 29.5. The Hall–Kier alpha value is 0.460. The van der Waals surface area contributed by atoms with Gasteiger partial charge in [0.2, 0.25) is 0 Å². The van der Waals surface area contributed by atoms with E-state index in [0.717, 1.165) is 32.8 Å². The van der Waals surface area contributed by atoms with Crippen molar-refractivity contribution in [2.75, 3.05) is 39.4 Å². The van der Waals surface area contributed by atoms with E-state index in [9.17, 15) is 0 Å². The van der Waals surface area contributed by atoms with Crippen LogP contribution in [0.5, 0.6) is 0 Å². The molecule has 12 heavy (non-hydrogen) atoms. The molecule has 0 aromatic carbocycles. The second-order valence-corrected chi connectivity index (χ2v) is 2.97. The van der Waals surface area contributed by atoms with Crippen LogP contribution in [0.1, 0.15) is 0 Å². The molecule has 3 nitrogen and oxygen atoms in total. The average molecular weight is 215 g/mol. The maximum absolute atomic E-state index is 5.36. The minimum absolute atomic E-state index is 0. The van der Waals surface area contributed by atoms with Gasteiger partial charge in [-0.2, -0.15) is 0 Å². The molecule has 2 fully saturated rings. The van der Waals surface area contributed by atoms with Crippen LogP contribution >= 0.6 is 24.8 Å². The van der Waals surface area contributed by atoms with Crippen molar-refractivity contribution in [2.24, 2.45) is 0 Å². The fourth-order valence-electron chi connectivity index (χ4n) is 1.66. The van der Waals surface area contributed by atoms with E-state index in [4.69, 9.17) is 4.74 Å². The maximum atomic E-state index is 5.36. The molecule has 0 radical (unpaired) electrons. The zero-order chi connectivity index (χ0) is 6.81. The highest BCUT2D eigenvalue weighted by Gasteiger charge is 2.24. The Morgan fingerprint density at radius 2 is 2.08 bits per heavy atom. The predicted octanol–water partition coefficient (Wildman–Crippen LogP) is 0.134. The number of halogens is 2. The van der Waals surface area contributed by atoms with Gasteiger partial charge in [-0.05, 0) is 0 Å². The first-order valence-electron chi connectivity index (χ1n) is 3.99. The van der Waals surface area contributed by atoms with Crippen molar-refractivity contribution in [3.8, 4) is 0 Å². The molecule has 0 spiro atoms. The van der Waals surface area contributed by atoms with Gasteiger partial charge in [0.05, 0.1) is 13.2 Å². The predicted molar refractivity (Wildman–Crippen MR) is 53.5 cm³/mol.